The van der Waals surface area contributed by atoms with Gasteiger partial charge in [0.15, 0.2) is 0 Å². The number of rotatable bonds is 2. The van der Waals surface area contributed by atoms with Crippen LogP contribution in [0.25, 0.3) is 11.1 Å². The third-order valence-corrected chi connectivity index (χ3v) is 4.23. The Kier molecular flexibility index (Phi) is 3.72. The van der Waals surface area contributed by atoms with Gasteiger partial charge in [-0.25, -0.2) is 0 Å². The Bertz CT molecular complexity index is 667. The van der Waals surface area contributed by atoms with Crippen LogP contribution < -0.4 is 0 Å². The van der Waals surface area contributed by atoms with Crippen molar-refractivity contribution in [2.24, 2.45) is 0 Å². The zero-order chi connectivity index (χ0) is 15.7. The largest absolute Gasteiger partial charge is 0.388 e. The molecular weight excluding hydrogens is 282 g/mol. The van der Waals surface area contributed by atoms with E-state index in [1.807, 2.05) is 18.2 Å². The molecule has 22 heavy (non-hydrogen) atoms. The van der Waals surface area contributed by atoms with Crippen LogP contribution in [0.1, 0.15) is 23.7 Å². The fourth-order valence-corrected chi connectivity index (χ4v) is 2.63. The van der Waals surface area contributed by atoms with E-state index in [1.54, 1.807) is 30.3 Å². The third kappa shape index (κ3) is 2.75. The van der Waals surface area contributed by atoms with Gasteiger partial charge in [0.05, 0.1) is 17.9 Å². The lowest BCUT2D eigenvalue weighted by molar-refractivity contribution is -0.0999. The smallest absolute Gasteiger partial charge is 0.253 e. The van der Waals surface area contributed by atoms with Crippen LogP contribution in [0.3, 0.4) is 0 Å². The molecule has 3 rings (SSSR count). The minimum absolute atomic E-state index is 0.139. The fraction of sp³-hybridized carbons (Fsp3) is 0.375. The van der Waals surface area contributed by atoms with E-state index in [0.29, 0.717) is 18.5 Å². The van der Waals surface area contributed by atoms with Gasteiger partial charge in [0.1, 0.15) is 0 Å². The highest BCUT2D eigenvalue weighted by atomic mass is 16.3. The molecule has 2 atom stereocenters. The fourth-order valence-electron chi connectivity index (χ4n) is 2.63. The summed E-state index contributed by atoms with van der Waals surface area (Å²) >= 11 is 0. The zero-order valence-electron chi connectivity index (χ0n) is 12.4. The second-order valence-electron chi connectivity index (χ2n) is 5.94. The average Bonchev–Trinajstić information content (AvgIpc) is 3.04. The van der Waals surface area contributed by atoms with Gasteiger partial charge in [0.2, 0.25) is 0 Å². The van der Waals surface area contributed by atoms with E-state index in [4.69, 9.17) is 0 Å². The average molecular weight is 301 g/mol. The van der Waals surface area contributed by atoms with E-state index in [-0.39, 0.29) is 12.5 Å². The van der Waals surface area contributed by atoms with Gasteiger partial charge in [-0.2, -0.15) is 5.10 Å². The predicted octanol–water partition coefficient (Wildman–Crippen LogP) is 1.03. The number of carbonyl (C=O) groups excluding carboxylic acids is 1. The van der Waals surface area contributed by atoms with Crippen molar-refractivity contribution in [2.45, 2.75) is 25.0 Å². The Balaban J connectivity index is 1.80. The molecule has 1 aliphatic heterocycles. The van der Waals surface area contributed by atoms with Crippen molar-refractivity contribution in [3.05, 3.63) is 42.2 Å². The number of β-amino-alcohol motifs (C(OH)–C–C–N with tert-alkyl or cyclic N) is 1. The molecule has 3 N–H and O–H groups in total. The van der Waals surface area contributed by atoms with E-state index >= 15 is 0 Å². The minimum atomic E-state index is -1.13. The molecule has 0 spiro atoms. The van der Waals surface area contributed by atoms with Crippen LogP contribution in [0.2, 0.25) is 0 Å². The summed E-state index contributed by atoms with van der Waals surface area (Å²) in [6.07, 6.45) is 2.90. The topological polar surface area (TPSA) is 89.5 Å². The molecule has 0 unspecified atom stereocenters. The van der Waals surface area contributed by atoms with Crippen molar-refractivity contribution in [3.8, 4) is 11.1 Å². The van der Waals surface area contributed by atoms with Gasteiger partial charge in [-0.15, -0.1) is 0 Å². The molecule has 2 heterocycles. The van der Waals surface area contributed by atoms with Crippen LogP contribution >= 0.6 is 0 Å². The van der Waals surface area contributed by atoms with Crippen molar-refractivity contribution in [2.75, 3.05) is 13.1 Å². The summed E-state index contributed by atoms with van der Waals surface area (Å²) < 4.78 is 0. The van der Waals surface area contributed by atoms with Crippen LogP contribution in [-0.4, -0.2) is 56.0 Å². The van der Waals surface area contributed by atoms with Crippen molar-refractivity contribution in [1.82, 2.24) is 15.1 Å². The number of aliphatic hydroxyl groups is 2. The standard InChI is InChI=1S/C16H19N3O3/c1-16(22)5-6-19(10-14(16)20)15(21)12-4-2-3-11(7-12)13-8-17-18-9-13/h2-4,7-9,14,20,22H,5-6,10H2,1H3,(H,17,18)/t14-,16+/m0/s1. The molecule has 1 aromatic heterocycles. The lowest BCUT2D eigenvalue weighted by atomic mass is 9.90. The molecule has 1 fully saturated rings. The van der Waals surface area contributed by atoms with Crippen molar-refractivity contribution in [1.29, 1.82) is 0 Å². The highest BCUT2D eigenvalue weighted by molar-refractivity contribution is 5.95. The maximum Gasteiger partial charge on any atom is 0.253 e. The quantitative estimate of drug-likeness (QED) is 0.773. The third-order valence-electron chi connectivity index (χ3n) is 4.23. The number of piperidine rings is 1. The van der Waals surface area contributed by atoms with Crippen LogP contribution in [-0.2, 0) is 0 Å². The van der Waals surface area contributed by atoms with E-state index in [2.05, 4.69) is 10.2 Å². The number of nitrogens with zero attached hydrogens (tertiary/aromatic N) is 2. The van der Waals surface area contributed by atoms with E-state index in [1.165, 1.54) is 0 Å². The Labute approximate surface area is 128 Å². The summed E-state index contributed by atoms with van der Waals surface area (Å²) in [5.41, 5.74) is 1.25. The summed E-state index contributed by atoms with van der Waals surface area (Å²) in [6, 6.07) is 7.31. The lowest BCUT2D eigenvalue weighted by Crippen LogP contribution is -2.55. The predicted molar refractivity (Wildman–Crippen MR) is 81.2 cm³/mol. The molecule has 0 saturated carbocycles. The van der Waals surface area contributed by atoms with Gasteiger partial charge in [-0.05, 0) is 31.0 Å². The molecule has 0 bridgehead atoms. The van der Waals surface area contributed by atoms with Gasteiger partial charge in [-0.3, -0.25) is 9.89 Å². The maximum absolute atomic E-state index is 12.6. The minimum Gasteiger partial charge on any atom is -0.388 e. The number of carbonyl (C=O) groups is 1. The van der Waals surface area contributed by atoms with Gasteiger partial charge < -0.3 is 15.1 Å². The van der Waals surface area contributed by atoms with Gasteiger partial charge in [0.25, 0.3) is 5.91 Å². The Morgan fingerprint density at radius 2 is 2.27 bits per heavy atom. The molecule has 0 radical (unpaired) electrons. The second-order valence-corrected chi connectivity index (χ2v) is 5.94. The maximum atomic E-state index is 12.6. The molecule has 1 amide bonds. The van der Waals surface area contributed by atoms with Crippen molar-refractivity contribution < 1.29 is 15.0 Å². The molecule has 0 aliphatic carbocycles. The van der Waals surface area contributed by atoms with E-state index < -0.39 is 11.7 Å². The Hall–Kier alpha value is -2.18. The summed E-state index contributed by atoms with van der Waals surface area (Å²) in [5, 5.41) is 26.6. The lowest BCUT2D eigenvalue weighted by Gasteiger charge is -2.39. The van der Waals surface area contributed by atoms with Gasteiger partial charge in [0, 0.05) is 30.4 Å². The molecule has 2 aromatic rings. The molecule has 6 nitrogen and oxygen atoms in total. The van der Waals surface area contributed by atoms with E-state index in [9.17, 15) is 15.0 Å². The highest BCUT2D eigenvalue weighted by Crippen LogP contribution is 2.24. The first-order valence-electron chi connectivity index (χ1n) is 7.26. The Morgan fingerprint density at radius 1 is 1.45 bits per heavy atom. The molecule has 116 valence electrons. The number of likely N-dealkylation sites (tertiary alicyclic amines) is 1. The van der Waals surface area contributed by atoms with Gasteiger partial charge in [-0.1, -0.05) is 12.1 Å². The van der Waals surface area contributed by atoms with Crippen LogP contribution in [0.5, 0.6) is 0 Å². The number of H-pyrrole nitrogens is 1. The first-order chi connectivity index (χ1) is 10.5. The monoisotopic (exact) mass is 301 g/mol. The summed E-state index contributed by atoms with van der Waals surface area (Å²) in [6.45, 7) is 2.17. The molecule has 6 heteroatoms. The zero-order valence-corrected chi connectivity index (χ0v) is 12.4. The number of hydrogen-bond acceptors (Lipinski definition) is 4. The number of aromatic amines is 1. The van der Waals surface area contributed by atoms with Crippen LogP contribution in [0.15, 0.2) is 36.7 Å². The van der Waals surface area contributed by atoms with Crippen LogP contribution in [0, 0.1) is 0 Å². The number of aliphatic hydroxyl groups excluding tert-OH is 1. The number of aromatic nitrogens is 2. The highest BCUT2D eigenvalue weighted by Gasteiger charge is 2.38. The first-order valence-corrected chi connectivity index (χ1v) is 7.26. The summed E-state index contributed by atoms with van der Waals surface area (Å²) in [7, 11) is 0. The molecule has 1 aromatic carbocycles. The summed E-state index contributed by atoms with van der Waals surface area (Å²) in [5.74, 6) is -0.139. The number of nitrogens with one attached hydrogen (secondary N) is 1. The normalized spacial score (nSPS) is 25.2. The van der Waals surface area contributed by atoms with E-state index in [0.717, 1.165) is 11.1 Å². The number of amides is 1. The molecule has 1 aliphatic rings. The second kappa shape index (κ2) is 5.55. The molecular formula is C16H19N3O3. The van der Waals surface area contributed by atoms with Crippen molar-refractivity contribution >= 4 is 5.91 Å². The number of hydrogen-bond donors (Lipinski definition) is 3. The first kappa shape index (κ1) is 14.7. The van der Waals surface area contributed by atoms with Gasteiger partial charge >= 0.3 is 0 Å². The Morgan fingerprint density at radius 3 is 2.95 bits per heavy atom. The summed E-state index contributed by atoms with van der Waals surface area (Å²) in [4.78, 5) is 14.2. The number of benzene rings is 1. The SMILES string of the molecule is C[C@@]1(O)CCN(C(=O)c2cccc(-c3cn[nH]c3)c2)C[C@@H]1O. The van der Waals surface area contributed by atoms with Crippen molar-refractivity contribution in [3.63, 3.8) is 0 Å². The molecule has 1 saturated heterocycles. The van der Waals surface area contributed by atoms with Crippen LogP contribution in [0.4, 0.5) is 0 Å².